The SMILES string of the molecule is CC(C)Cc1ccc(Oc2ccc(C#N)cc2)c(CC(C)C)c1CBr. The molecule has 25 heavy (non-hydrogen) atoms. The third-order valence-electron chi connectivity index (χ3n) is 4.07. The zero-order valence-corrected chi connectivity index (χ0v) is 17.1. The maximum atomic E-state index is 8.94. The highest BCUT2D eigenvalue weighted by Gasteiger charge is 2.16. The van der Waals surface area contributed by atoms with Gasteiger partial charge in [-0.25, -0.2) is 0 Å². The molecule has 2 aromatic rings. The lowest BCUT2D eigenvalue weighted by molar-refractivity contribution is 0.469. The van der Waals surface area contributed by atoms with Gasteiger partial charge in [0.2, 0.25) is 0 Å². The molecule has 0 bridgehead atoms. The number of benzene rings is 2. The largest absolute Gasteiger partial charge is 0.457 e. The van der Waals surface area contributed by atoms with E-state index < -0.39 is 0 Å². The Morgan fingerprint density at radius 3 is 2.08 bits per heavy atom. The van der Waals surface area contributed by atoms with E-state index in [4.69, 9.17) is 10.00 Å². The van der Waals surface area contributed by atoms with E-state index in [1.165, 1.54) is 16.7 Å². The number of hydrogen-bond acceptors (Lipinski definition) is 2. The minimum Gasteiger partial charge on any atom is -0.457 e. The fourth-order valence-corrected chi connectivity index (χ4v) is 3.67. The van der Waals surface area contributed by atoms with Crippen molar-refractivity contribution in [2.24, 2.45) is 11.8 Å². The Labute approximate surface area is 160 Å². The van der Waals surface area contributed by atoms with Gasteiger partial charge in [0.1, 0.15) is 11.5 Å². The van der Waals surface area contributed by atoms with E-state index >= 15 is 0 Å². The Hall–Kier alpha value is -1.79. The van der Waals surface area contributed by atoms with E-state index in [1.54, 1.807) is 12.1 Å². The maximum Gasteiger partial charge on any atom is 0.130 e. The monoisotopic (exact) mass is 399 g/mol. The van der Waals surface area contributed by atoms with Crippen LogP contribution in [0.25, 0.3) is 0 Å². The molecule has 0 aliphatic rings. The summed E-state index contributed by atoms with van der Waals surface area (Å²) < 4.78 is 6.18. The minimum atomic E-state index is 0.551. The molecule has 0 aromatic heterocycles. The molecule has 0 spiro atoms. The summed E-state index contributed by atoms with van der Waals surface area (Å²) in [6.45, 7) is 8.97. The molecule has 3 heteroatoms. The van der Waals surface area contributed by atoms with Gasteiger partial charge in [0.15, 0.2) is 0 Å². The topological polar surface area (TPSA) is 33.0 Å². The molecule has 0 N–H and O–H groups in total. The van der Waals surface area contributed by atoms with Crippen molar-refractivity contribution < 1.29 is 4.74 Å². The predicted octanol–water partition coefficient (Wildman–Crippen LogP) is 6.64. The zero-order valence-electron chi connectivity index (χ0n) is 15.5. The van der Waals surface area contributed by atoms with Crippen molar-refractivity contribution in [3.8, 4) is 17.6 Å². The normalized spacial score (nSPS) is 11.0. The molecule has 0 heterocycles. The van der Waals surface area contributed by atoms with Gasteiger partial charge in [-0.05, 0) is 71.7 Å². The van der Waals surface area contributed by atoms with Crippen LogP contribution in [-0.4, -0.2) is 0 Å². The van der Waals surface area contributed by atoms with E-state index in [0.29, 0.717) is 17.4 Å². The third kappa shape index (κ3) is 5.34. The van der Waals surface area contributed by atoms with Gasteiger partial charge in [0, 0.05) is 5.33 Å². The van der Waals surface area contributed by atoms with Crippen LogP contribution in [0.1, 0.15) is 49.9 Å². The highest BCUT2D eigenvalue weighted by atomic mass is 79.9. The van der Waals surface area contributed by atoms with E-state index in [2.05, 4.69) is 61.8 Å². The first-order chi connectivity index (χ1) is 11.9. The van der Waals surface area contributed by atoms with Crippen molar-refractivity contribution in [2.45, 2.75) is 45.9 Å². The Morgan fingerprint density at radius 1 is 0.920 bits per heavy atom. The number of rotatable bonds is 7. The van der Waals surface area contributed by atoms with Gasteiger partial charge < -0.3 is 4.74 Å². The van der Waals surface area contributed by atoms with Gasteiger partial charge in [-0.3, -0.25) is 0 Å². The third-order valence-corrected chi connectivity index (χ3v) is 4.63. The summed E-state index contributed by atoms with van der Waals surface area (Å²) in [5.41, 5.74) is 4.68. The second kappa shape index (κ2) is 9.06. The van der Waals surface area contributed by atoms with Crippen molar-refractivity contribution in [2.75, 3.05) is 0 Å². The average Bonchev–Trinajstić information content (AvgIpc) is 2.57. The quantitative estimate of drug-likeness (QED) is 0.488. The first kappa shape index (κ1) is 19.5. The van der Waals surface area contributed by atoms with Crippen LogP contribution in [-0.2, 0) is 18.2 Å². The van der Waals surface area contributed by atoms with Gasteiger partial charge in [0.05, 0.1) is 11.6 Å². The van der Waals surface area contributed by atoms with Gasteiger partial charge in [0.25, 0.3) is 0 Å². The summed E-state index contributed by atoms with van der Waals surface area (Å²) in [7, 11) is 0. The lowest BCUT2D eigenvalue weighted by atomic mass is 9.91. The van der Waals surface area contributed by atoms with E-state index in [9.17, 15) is 0 Å². The van der Waals surface area contributed by atoms with Crippen LogP contribution >= 0.6 is 15.9 Å². The maximum absolute atomic E-state index is 8.94. The van der Waals surface area contributed by atoms with Crippen molar-refractivity contribution >= 4 is 15.9 Å². The second-order valence-corrected chi connectivity index (χ2v) is 7.81. The molecule has 0 unspecified atom stereocenters. The van der Waals surface area contributed by atoms with E-state index in [-0.39, 0.29) is 0 Å². The van der Waals surface area contributed by atoms with Crippen molar-refractivity contribution in [3.05, 3.63) is 58.7 Å². The Balaban J connectivity index is 2.42. The molecule has 2 nitrogen and oxygen atoms in total. The van der Waals surface area contributed by atoms with Gasteiger partial charge in [-0.2, -0.15) is 5.26 Å². The molecular weight excluding hydrogens is 374 g/mol. The number of nitrogens with zero attached hydrogens (tertiary/aromatic N) is 1. The summed E-state index contributed by atoms with van der Waals surface area (Å²) >= 11 is 3.69. The number of ether oxygens (including phenoxy) is 1. The minimum absolute atomic E-state index is 0.551. The van der Waals surface area contributed by atoms with Gasteiger partial charge >= 0.3 is 0 Å². The molecule has 2 rings (SSSR count). The summed E-state index contributed by atoms with van der Waals surface area (Å²) in [4.78, 5) is 0. The first-order valence-corrected chi connectivity index (χ1v) is 9.94. The van der Waals surface area contributed by atoms with E-state index in [0.717, 1.165) is 29.7 Å². The molecule has 0 radical (unpaired) electrons. The molecular formula is C22H26BrNO. The smallest absolute Gasteiger partial charge is 0.130 e. The van der Waals surface area contributed by atoms with Gasteiger partial charge in [-0.1, -0.05) is 49.7 Å². The number of hydrogen-bond donors (Lipinski definition) is 0. The second-order valence-electron chi connectivity index (χ2n) is 7.25. The fourth-order valence-electron chi connectivity index (χ4n) is 2.97. The van der Waals surface area contributed by atoms with Gasteiger partial charge in [-0.15, -0.1) is 0 Å². The van der Waals surface area contributed by atoms with Crippen LogP contribution in [0.2, 0.25) is 0 Å². The predicted molar refractivity (Wildman–Crippen MR) is 107 cm³/mol. The molecule has 0 fully saturated rings. The number of nitriles is 1. The molecule has 0 saturated heterocycles. The Morgan fingerprint density at radius 2 is 1.56 bits per heavy atom. The zero-order chi connectivity index (χ0) is 18.4. The molecule has 2 aromatic carbocycles. The van der Waals surface area contributed by atoms with Crippen LogP contribution in [0, 0.1) is 23.2 Å². The Bertz CT molecular complexity index is 742. The van der Waals surface area contributed by atoms with Crippen LogP contribution in [0.3, 0.4) is 0 Å². The average molecular weight is 400 g/mol. The summed E-state index contributed by atoms with van der Waals surface area (Å²) in [6, 6.07) is 13.7. The number of alkyl halides is 1. The summed E-state index contributed by atoms with van der Waals surface area (Å²) in [5, 5.41) is 9.77. The molecule has 0 saturated carbocycles. The Kier molecular flexibility index (Phi) is 7.08. The van der Waals surface area contributed by atoms with Crippen LogP contribution < -0.4 is 4.74 Å². The molecule has 0 aliphatic heterocycles. The van der Waals surface area contributed by atoms with E-state index in [1.807, 2.05) is 12.1 Å². The van der Waals surface area contributed by atoms with Crippen molar-refractivity contribution in [1.82, 2.24) is 0 Å². The molecule has 0 aliphatic carbocycles. The lowest BCUT2D eigenvalue weighted by Gasteiger charge is -2.20. The van der Waals surface area contributed by atoms with Crippen molar-refractivity contribution in [1.29, 1.82) is 5.26 Å². The first-order valence-electron chi connectivity index (χ1n) is 8.82. The standard InChI is InChI=1S/C22H26BrNO/c1-15(2)11-18-7-10-22(20(12-16(3)4)21(18)13-23)25-19-8-5-17(14-24)6-9-19/h5-10,15-16H,11-13H2,1-4H3. The highest BCUT2D eigenvalue weighted by molar-refractivity contribution is 9.08. The molecule has 0 amide bonds. The van der Waals surface area contributed by atoms with Crippen LogP contribution in [0.15, 0.2) is 36.4 Å². The van der Waals surface area contributed by atoms with Crippen LogP contribution in [0.4, 0.5) is 0 Å². The van der Waals surface area contributed by atoms with Crippen LogP contribution in [0.5, 0.6) is 11.5 Å². The fraction of sp³-hybridized carbons (Fsp3) is 0.409. The number of halogens is 1. The summed E-state index contributed by atoms with van der Waals surface area (Å²) in [5.74, 6) is 2.85. The highest BCUT2D eigenvalue weighted by Crippen LogP contribution is 2.34. The molecule has 132 valence electrons. The van der Waals surface area contributed by atoms with Crippen molar-refractivity contribution in [3.63, 3.8) is 0 Å². The lowest BCUT2D eigenvalue weighted by Crippen LogP contribution is -2.07. The molecule has 0 atom stereocenters. The summed E-state index contributed by atoms with van der Waals surface area (Å²) in [6.07, 6.45) is 2.06.